The monoisotopic (exact) mass is 416 g/mol. The van der Waals surface area contributed by atoms with Crippen LogP contribution < -0.4 is 14.8 Å². The molecule has 0 bridgehead atoms. The highest BCUT2D eigenvalue weighted by atomic mass is 32.2. The van der Waals surface area contributed by atoms with Gasteiger partial charge < -0.3 is 19.4 Å². The van der Waals surface area contributed by atoms with Crippen molar-refractivity contribution in [2.45, 2.75) is 18.2 Å². The lowest BCUT2D eigenvalue weighted by atomic mass is 10.3. The number of anilines is 1. The zero-order valence-corrected chi connectivity index (χ0v) is 17.1. The Bertz CT molecular complexity index is 978. The van der Waals surface area contributed by atoms with Gasteiger partial charge in [-0.25, -0.2) is 4.39 Å². The van der Waals surface area contributed by atoms with Crippen LogP contribution in [0.4, 0.5) is 10.1 Å². The molecule has 1 unspecified atom stereocenters. The third-order valence-electron chi connectivity index (χ3n) is 4.08. The highest BCUT2D eigenvalue weighted by molar-refractivity contribution is 7.99. The molecule has 9 heteroatoms. The van der Waals surface area contributed by atoms with Gasteiger partial charge in [0.15, 0.2) is 17.1 Å². The molecule has 0 aliphatic heterocycles. The van der Waals surface area contributed by atoms with Crippen LogP contribution in [-0.4, -0.2) is 33.5 Å². The highest BCUT2D eigenvalue weighted by Gasteiger charge is 2.18. The lowest BCUT2D eigenvalue weighted by Gasteiger charge is -2.14. The number of nitrogens with one attached hydrogen (secondary N) is 1. The minimum Gasteiger partial charge on any atom is -0.497 e. The number of ether oxygens (including phenoxy) is 2. The van der Waals surface area contributed by atoms with Gasteiger partial charge in [-0.05, 0) is 43.3 Å². The van der Waals surface area contributed by atoms with Crippen molar-refractivity contribution in [3.05, 3.63) is 60.2 Å². The zero-order chi connectivity index (χ0) is 20.8. The van der Waals surface area contributed by atoms with Gasteiger partial charge in [0.1, 0.15) is 17.3 Å². The number of amides is 1. The van der Waals surface area contributed by atoms with Gasteiger partial charge in [0, 0.05) is 7.05 Å². The van der Waals surface area contributed by atoms with Crippen molar-refractivity contribution in [3.63, 3.8) is 0 Å². The number of thioether (sulfide) groups is 1. The van der Waals surface area contributed by atoms with E-state index in [0.717, 1.165) is 5.75 Å². The summed E-state index contributed by atoms with van der Waals surface area (Å²) < 4.78 is 26.4. The van der Waals surface area contributed by atoms with E-state index in [1.807, 2.05) is 31.2 Å². The molecule has 152 valence electrons. The van der Waals surface area contributed by atoms with E-state index < -0.39 is 5.82 Å². The first kappa shape index (κ1) is 20.7. The SMILES string of the molecule is COc1ccc(OC(C)c2nnc(SCC(=O)Nc3ccccc3F)n2C)cc1. The van der Waals surface area contributed by atoms with Crippen molar-refractivity contribution in [2.24, 2.45) is 7.05 Å². The molecule has 7 nitrogen and oxygen atoms in total. The number of aromatic nitrogens is 3. The minimum atomic E-state index is -0.476. The highest BCUT2D eigenvalue weighted by Crippen LogP contribution is 2.25. The van der Waals surface area contributed by atoms with E-state index in [4.69, 9.17) is 9.47 Å². The molecule has 0 radical (unpaired) electrons. The molecule has 1 heterocycles. The predicted molar refractivity (Wildman–Crippen MR) is 109 cm³/mol. The maximum Gasteiger partial charge on any atom is 0.234 e. The van der Waals surface area contributed by atoms with Crippen LogP contribution in [0.3, 0.4) is 0 Å². The van der Waals surface area contributed by atoms with Crippen LogP contribution >= 0.6 is 11.8 Å². The average molecular weight is 416 g/mol. The van der Waals surface area contributed by atoms with Crippen LogP contribution in [0.15, 0.2) is 53.7 Å². The maximum atomic E-state index is 13.6. The Labute approximate surface area is 172 Å². The quantitative estimate of drug-likeness (QED) is 0.562. The summed E-state index contributed by atoms with van der Waals surface area (Å²) in [7, 11) is 3.41. The first-order valence-corrected chi connectivity index (χ1v) is 9.83. The molecule has 1 amide bonds. The third kappa shape index (κ3) is 5.26. The van der Waals surface area contributed by atoms with Crippen molar-refractivity contribution in [3.8, 4) is 11.5 Å². The Morgan fingerprint density at radius 3 is 2.55 bits per heavy atom. The standard InChI is InChI=1S/C20H21FN4O3S/c1-13(28-15-10-8-14(27-3)9-11-15)19-23-24-20(25(19)2)29-12-18(26)22-17-7-5-4-6-16(17)21/h4-11,13H,12H2,1-3H3,(H,22,26). The Balaban J connectivity index is 1.58. The van der Waals surface area contributed by atoms with Crippen molar-refractivity contribution in [1.29, 1.82) is 0 Å². The first-order valence-electron chi connectivity index (χ1n) is 8.85. The van der Waals surface area contributed by atoms with E-state index in [1.165, 1.54) is 23.9 Å². The number of para-hydroxylation sites is 1. The Morgan fingerprint density at radius 1 is 1.17 bits per heavy atom. The van der Waals surface area contributed by atoms with Gasteiger partial charge in [0.2, 0.25) is 5.91 Å². The predicted octanol–water partition coefficient (Wildman–Crippen LogP) is 3.83. The molecule has 0 saturated heterocycles. The molecular weight excluding hydrogens is 395 g/mol. The summed E-state index contributed by atoms with van der Waals surface area (Å²) in [4.78, 5) is 12.1. The topological polar surface area (TPSA) is 78.3 Å². The number of carbonyl (C=O) groups is 1. The van der Waals surface area contributed by atoms with Crippen LogP contribution in [0.1, 0.15) is 18.9 Å². The van der Waals surface area contributed by atoms with E-state index >= 15 is 0 Å². The molecule has 0 saturated carbocycles. The van der Waals surface area contributed by atoms with Crippen molar-refractivity contribution >= 4 is 23.4 Å². The summed E-state index contributed by atoms with van der Waals surface area (Å²) >= 11 is 1.21. The normalized spacial score (nSPS) is 11.7. The molecule has 0 aliphatic rings. The zero-order valence-electron chi connectivity index (χ0n) is 16.3. The Kier molecular flexibility index (Phi) is 6.71. The molecule has 2 aromatic carbocycles. The molecule has 3 rings (SSSR count). The lowest BCUT2D eigenvalue weighted by Crippen LogP contribution is -2.15. The lowest BCUT2D eigenvalue weighted by molar-refractivity contribution is -0.113. The fraction of sp³-hybridized carbons (Fsp3) is 0.250. The first-order chi connectivity index (χ1) is 14.0. The second-order valence-electron chi connectivity index (χ2n) is 6.15. The number of carbonyl (C=O) groups excluding carboxylic acids is 1. The van der Waals surface area contributed by atoms with Gasteiger partial charge in [0.05, 0.1) is 18.6 Å². The van der Waals surface area contributed by atoms with Gasteiger partial charge in [-0.3, -0.25) is 4.79 Å². The number of rotatable bonds is 8. The largest absolute Gasteiger partial charge is 0.497 e. The molecule has 0 aliphatic carbocycles. The van der Waals surface area contributed by atoms with Crippen molar-refractivity contribution < 1.29 is 18.7 Å². The summed E-state index contributed by atoms with van der Waals surface area (Å²) in [5.74, 6) is 1.32. The second-order valence-corrected chi connectivity index (χ2v) is 7.09. The minimum absolute atomic E-state index is 0.0774. The Morgan fingerprint density at radius 2 is 1.86 bits per heavy atom. The molecule has 1 N–H and O–H groups in total. The van der Waals surface area contributed by atoms with Crippen LogP contribution in [0.2, 0.25) is 0 Å². The average Bonchev–Trinajstić information content (AvgIpc) is 3.09. The summed E-state index contributed by atoms with van der Waals surface area (Å²) in [6.45, 7) is 1.87. The van der Waals surface area contributed by atoms with E-state index in [1.54, 1.807) is 30.9 Å². The summed E-state index contributed by atoms with van der Waals surface area (Å²) in [5, 5.41) is 11.4. The number of halogens is 1. The molecular formula is C20H21FN4O3S. The number of hydrogen-bond donors (Lipinski definition) is 1. The second kappa shape index (κ2) is 9.42. The summed E-state index contributed by atoms with van der Waals surface area (Å²) in [6.07, 6.45) is -0.345. The molecule has 3 aromatic rings. The molecule has 1 aromatic heterocycles. The summed E-state index contributed by atoms with van der Waals surface area (Å²) in [6, 6.07) is 13.3. The number of nitrogens with zero attached hydrogens (tertiary/aromatic N) is 3. The van der Waals surface area contributed by atoms with Crippen LogP contribution in [0.5, 0.6) is 11.5 Å². The number of hydrogen-bond acceptors (Lipinski definition) is 6. The van der Waals surface area contributed by atoms with Gasteiger partial charge in [0.25, 0.3) is 0 Å². The molecule has 29 heavy (non-hydrogen) atoms. The molecule has 0 fully saturated rings. The maximum absolute atomic E-state index is 13.6. The van der Waals surface area contributed by atoms with Crippen LogP contribution in [-0.2, 0) is 11.8 Å². The van der Waals surface area contributed by atoms with E-state index in [-0.39, 0.29) is 23.5 Å². The van der Waals surface area contributed by atoms with E-state index in [0.29, 0.717) is 16.7 Å². The van der Waals surface area contributed by atoms with Gasteiger partial charge >= 0.3 is 0 Å². The molecule has 0 spiro atoms. The smallest absolute Gasteiger partial charge is 0.234 e. The van der Waals surface area contributed by atoms with Gasteiger partial charge in [-0.2, -0.15) is 0 Å². The Hall–Kier alpha value is -3.07. The third-order valence-corrected chi connectivity index (χ3v) is 5.11. The number of benzene rings is 2. The van der Waals surface area contributed by atoms with E-state index in [9.17, 15) is 9.18 Å². The van der Waals surface area contributed by atoms with Gasteiger partial charge in [-0.15, -0.1) is 10.2 Å². The molecule has 1 atom stereocenters. The fourth-order valence-electron chi connectivity index (χ4n) is 2.60. The summed E-state index contributed by atoms with van der Waals surface area (Å²) in [5.41, 5.74) is 0.151. The fourth-order valence-corrected chi connectivity index (χ4v) is 3.31. The van der Waals surface area contributed by atoms with E-state index in [2.05, 4.69) is 15.5 Å². The van der Waals surface area contributed by atoms with Crippen molar-refractivity contribution in [1.82, 2.24) is 14.8 Å². The van der Waals surface area contributed by atoms with Crippen LogP contribution in [0.25, 0.3) is 0 Å². The van der Waals surface area contributed by atoms with Gasteiger partial charge in [-0.1, -0.05) is 23.9 Å². The van der Waals surface area contributed by atoms with Crippen molar-refractivity contribution in [2.75, 3.05) is 18.2 Å². The van der Waals surface area contributed by atoms with Crippen LogP contribution in [0, 0.1) is 5.82 Å². The number of methoxy groups -OCH3 is 1.